The maximum absolute atomic E-state index is 12.4. The SMILES string of the molecule is COc1cccc(-c2ccc(CCNC(=O)C(CC(=O)NO)CC(C)C)cc2)c1. The minimum Gasteiger partial charge on any atom is -0.497 e. The number of ether oxygens (including phenoxy) is 1. The summed E-state index contributed by atoms with van der Waals surface area (Å²) in [7, 11) is 1.65. The van der Waals surface area contributed by atoms with Crippen LogP contribution in [0.2, 0.25) is 0 Å². The van der Waals surface area contributed by atoms with Crippen LogP contribution < -0.4 is 15.5 Å². The fourth-order valence-corrected chi connectivity index (χ4v) is 3.26. The second kappa shape index (κ2) is 11.2. The van der Waals surface area contributed by atoms with Gasteiger partial charge >= 0.3 is 0 Å². The van der Waals surface area contributed by atoms with Gasteiger partial charge in [0.05, 0.1) is 7.11 Å². The summed E-state index contributed by atoms with van der Waals surface area (Å²) < 4.78 is 5.27. The number of nitrogens with one attached hydrogen (secondary N) is 2. The van der Waals surface area contributed by atoms with Crippen LogP contribution in [0.4, 0.5) is 0 Å². The van der Waals surface area contributed by atoms with E-state index in [1.54, 1.807) is 12.6 Å². The van der Waals surface area contributed by atoms with Gasteiger partial charge in [0.1, 0.15) is 5.75 Å². The van der Waals surface area contributed by atoms with Gasteiger partial charge < -0.3 is 10.1 Å². The molecule has 156 valence electrons. The molecule has 0 aliphatic carbocycles. The Morgan fingerprint density at radius 2 is 1.79 bits per heavy atom. The summed E-state index contributed by atoms with van der Waals surface area (Å²) in [6.07, 6.45) is 1.27. The summed E-state index contributed by atoms with van der Waals surface area (Å²) in [5, 5.41) is 11.6. The average molecular weight is 399 g/mol. The van der Waals surface area contributed by atoms with Crippen molar-refractivity contribution in [3.63, 3.8) is 0 Å². The van der Waals surface area contributed by atoms with Crippen LogP contribution in [0.3, 0.4) is 0 Å². The molecule has 0 saturated carbocycles. The third kappa shape index (κ3) is 7.23. The summed E-state index contributed by atoms with van der Waals surface area (Å²) in [5.41, 5.74) is 4.91. The molecule has 2 aromatic rings. The molecule has 0 aromatic heterocycles. The first kappa shape index (κ1) is 22.4. The van der Waals surface area contributed by atoms with Crippen molar-refractivity contribution in [1.29, 1.82) is 0 Å². The van der Waals surface area contributed by atoms with Gasteiger partial charge in [0.25, 0.3) is 0 Å². The first-order valence-electron chi connectivity index (χ1n) is 9.87. The highest BCUT2D eigenvalue weighted by Gasteiger charge is 2.22. The molecule has 1 unspecified atom stereocenters. The molecular formula is C23H30N2O4. The summed E-state index contributed by atoms with van der Waals surface area (Å²) in [6, 6.07) is 16.1. The van der Waals surface area contributed by atoms with E-state index in [1.165, 1.54) is 0 Å². The highest BCUT2D eigenvalue weighted by atomic mass is 16.5. The summed E-state index contributed by atoms with van der Waals surface area (Å²) in [5.74, 6) is -0.0478. The predicted octanol–water partition coefficient (Wildman–Crippen LogP) is 3.58. The smallest absolute Gasteiger partial charge is 0.244 e. The van der Waals surface area contributed by atoms with Gasteiger partial charge in [-0.1, -0.05) is 50.2 Å². The van der Waals surface area contributed by atoms with Crippen molar-refractivity contribution < 1.29 is 19.5 Å². The minimum absolute atomic E-state index is 0.0181. The van der Waals surface area contributed by atoms with E-state index in [0.717, 1.165) is 22.4 Å². The number of carbonyl (C=O) groups is 2. The molecule has 0 saturated heterocycles. The third-order valence-corrected chi connectivity index (χ3v) is 4.75. The van der Waals surface area contributed by atoms with Crippen LogP contribution in [-0.2, 0) is 16.0 Å². The lowest BCUT2D eigenvalue weighted by molar-refractivity contribution is -0.135. The van der Waals surface area contributed by atoms with Gasteiger partial charge in [-0.3, -0.25) is 14.8 Å². The third-order valence-electron chi connectivity index (χ3n) is 4.75. The highest BCUT2D eigenvalue weighted by Crippen LogP contribution is 2.24. The monoisotopic (exact) mass is 398 g/mol. The molecule has 6 nitrogen and oxygen atoms in total. The summed E-state index contributed by atoms with van der Waals surface area (Å²) in [6.45, 7) is 4.49. The Morgan fingerprint density at radius 1 is 1.07 bits per heavy atom. The lowest BCUT2D eigenvalue weighted by Crippen LogP contribution is -2.36. The van der Waals surface area contributed by atoms with Crippen LogP contribution in [0, 0.1) is 11.8 Å². The van der Waals surface area contributed by atoms with Gasteiger partial charge in [0.15, 0.2) is 0 Å². The van der Waals surface area contributed by atoms with Crippen LogP contribution in [0.5, 0.6) is 5.75 Å². The number of hydrogen-bond donors (Lipinski definition) is 3. The van der Waals surface area contributed by atoms with E-state index < -0.39 is 11.8 Å². The molecule has 0 bridgehead atoms. The van der Waals surface area contributed by atoms with Gasteiger partial charge in [-0.05, 0) is 47.6 Å². The lowest BCUT2D eigenvalue weighted by atomic mass is 9.93. The van der Waals surface area contributed by atoms with E-state index in [9.17, 15) is 9.59 Å². The van der Waals surface area contributed by atoms with Gasteiger partial charge in [0, 0.05) is 18.9 Å². The second-order valence-electron chi connectivity index (χ2n) is 7.54. The predicted molar refractivity (Wildman–Crippen MR) is 113 cm³/mol. The minimum atomic E-state index is -0.543. The number of carbonyl (C=O) groups excluding carboxylic acids is 2. The molecule has 2 rings (SSSR count). The Morgan fingerprint density at radius 3 is 2.41 bits per heavy atom. The first-order valence-corrected chi connectivity index (χ1v) is 9.87. The summed E-state index contributed by atoms with van der Waals surface area (Å²) in [4.78, 5) is 23.9. The highest BCUT2D eigenvalue weighted by molar-refractivity contribution is 5.85. The molecule has 0 radical (unpaired) electrons. The van der Waals surface area contributed by atoms with E-state index in [4.69, 9.17) is 9.94 Å². The molecular weight excluding hydrogens is 368 g/mol. The van der Waals surface area contributed by atoms with Crippen LogP contribution in [0.1, 0.15) is 32.3 Å². The van der Waals surface area contributed by atoms with Crippen LogP contribution in [-0.4, -0.2) is 30.7 Å². The van der Waals surface area contributed by atoms with E-state index in [2.05, 4.69) is 17.4 Å². The average Bonchev–Trinajstić information content (AvgIpc) is 2.73. The quantitative estimate of drug-likeness (QED) is 0.422. The molecule has 2 aromatic carbocycles. The van der Waals surface area contributed by atoms with Crippen LogP contribution in [0.25, 0.3) is 11.1 Å². The number of methoxy groups -OCH3 is 1. The fraction of sp³-hybridized carbons (Fsp3) is 0.391. The Bertz CT molecular complexity index is 803. The van der Waals surface area contributed by atoms with Gasteiger partial charge in [-0.15, -0.1) is 0 Å². The van der Waals surface area contributed by atoms with Gasteiger partial charge in [0.2, 0.25) is 11.8 Å². The number of hydroxylamine groups is 1. The Labute approximate surface area is 172 Å². The van der Waals surface area contributed by atoms with Crippen molar-refractivity contribution in [1.82, 2.24) is 10.8 Å². The molecule has 0 heterocycles. The van der Waals surface area contributed by atoms with Gasteiger partial charge in [-0.25, -0.2) is 5.48 Å². The molecule has 1 atom stereocenters. The van der Waals surface area contributed by atoms with Crippen molar-refractivity contribution in [2.75, 3.05) is 13.7 Å². The zero-order valence-corrected chi connectivity index (χ0v) is 17.3. The molecule has 29 heavy (non-hydrogen) atoms. The van der Waals surface area contributed by atoms with E-state index in [1.807, 2.05) is 50.2 Å². The van der Waals surface area contributed by atoms with Crippen molar-refractivity contribution in [2.24, 2.45) is 11.8 Å². The fourth-order valence-electron chi connectivity index (χ4n) is 3.26. The standard InChI is InChI=1S/C23H30N2O4/c1-16(2)13-20(15-22(26)25-28)23(27)24-12-11-17-7-9-18(10-8-17)19-5-4-6-21(14-19)29-3/h4-10,14,16,20,28H,11-13,15H2,1-3H3,(H,24,27)(H,25,26). The van der Waals surface area contributed by atoms with Gasteiger partial charge in [-0.2, -0.15) is 0 Å². The maximum atomic E-state index is 12.4. The van der Waals surface area contributed by atoms with Crippen molar-refractivity contribution in [3.8, 4) is 16.9 Å². The number of hydrogen-bond acceptors (Lipinski definition) is 4. The zero-order chi connectivity index (χ0) is 21.2. The van der Waals surface area contributed by atoms with Crippen LogP contribution in [0.15, 0.2) is 48.5 Å². The Balaban J connectivity index is 1.90. The van der Waals surface area contributed by atoms with E-state index in [0.29, 0.717) is 19.4 Å². The number of rotatable bonds is 10. The summed E-state index contributed by atoms with van der Waals surface area (Å²) >= 11 is 0. The second-order valence-corrected chi connectivity index (χ2v) is 7.54. The van der Waals surface area contributed by atoms with Crippen molar-refractivity contribution >= 4 is 11.8 Å². The van der Waals surface area contributed by atoms with E-state index in [-0.39, 0.29) is 18.2 Å². The maximum Gasteiger partial charge on any atom is 0.244 e. The van der Waals surface area contributed by atoms with Crippen LogP contribution >= 0.6 is 0 Å². The molecule has 6 heteroatoms. The molecule has 0 aliphatic heterocycles. The number of amides is 2. The molecule has 0 aliphatic rings. The largest absolute Gasteiger partial charge is 0.497 e. The number of benzene rings is 2. The lowest BCUT2D eigenvalue weighted by Gasteiger charge is -2.17. The molecule has 2 amide bonds. The Hall–Kier alpha value is -2.86. The van der Waals surface area contributed by atoms with E-state index >= 15 is 0 Å². The molecule has 3 N–H and O–H groups in total. The normalized spacial score (nSPS) is 11.8. The first-order chi connectivity index (χ1) is 13.9. The topological polar surface area (TPSA) is 87.7 Å². The zero-order valence-electron chi connectivity index (χ0n) is 17.3. The molecule has 0 spiro atoms. The van der Waals surface area contributed by atoms with Crippen molar-refractivity contribution in [3.05, 3.63) is 54.1 Å². The van der Waals surface area contributed by atoms with Crippen molar-refractivity contribution in [2.45, 2.75) is 33.1 Å². The Kier molecular flexibility index (Phi) is 8.68. The molecule has 0 fully saturated rings.